The zero-order valence-corrected chi connectivity index (χ0v) is 13.1. The minimum absolute atomic E-state index is 0.0351. The molecule has 1 aliphatic rings. The number of amides is 2. The molecule has 0 spiro atoms. The number of likely N-dealkylation sites (tertiary alicyclic amines) is 1. The number of benzene rings is 1. The van der Waals surface area contributed by atoms with E-state index in [-0.39, 0.29) is 18.0 Å². The summed E-state index contributed by atoms with van der Waals surface area (Å²) in [5, 5.41) is 3.71. The van der Waals surface area contributed by atoms with Crippen LogP contribution in [-0.2, 0) is 4.74 Å². The lowest BCUT2D eigenvalue weighted by molar-refractivity contribution is 0.0892. The summed E-state index contributed by atoms with van der Waals surface area (Å²) >= 11 is 11.7. The van der Waals surface area contributed by atoms with Gasteiger partial charge < -0.3 is 15.0 Å². The van der Waals surface area contributed by atoms with Crippen molar-refractivity contribution < 1.29 is 14.3 Å². The average molecular weight is 331 g/mol. The van der Waals surface area contributed by atoms with Gasteiger partial charge in [0.05, 0.1) is 17.2 Å². The van der Waals surface area contributed by atoms with Gasteiger partial charge in [-0.15, -0.1) is 0 Å². The van der Waals surface area contributed by atoms with Crippen LogP contribution in [0, 0.1) is 0 Å². The van der Waals surface area contributed by atoms with Gasteiger partial charge in [0.25, 0.3) is 5.91 Å². The number of carbonyl (C=O) groups excluding carboxylic acids is 2. The van der Waals surface area contributed by atoms with Crippen LogP contribution in [0.1, 0.15) is 23.2 Å². The molecule has 0 saturated carbocycles. The average Bonchev–Trinajstić information content (AvgIpc) is 2.50. The van der Waals surface area contributed by atoms with E-state index >= 15 is 0 Å². The van der Waals surface area contributed by atoms with E-state index in [1.165, 1.54) is 7.11 Å². The van der Waals surface area contributed by atoms with Crippen LogP contribution >= 0.6 is 23.2 Å². The second-order valence-corrected chi connectivity index (χ2v) is 5.65. The topological polar surface area (TPSA) is 58.6 Å². The predicted octanol–water partition coefficient (Wildman–Crippen LogP) is 2.95. The number of hydrogen-bond donors (Lipinski definition) is 1. The fourth-order valence-electron chi connectivity index (χ4n) is 2.24. The summed E-state index contributed by atoms with van der Waals surface area (Å²) in [6.07, 6.45) is 1.06. The number of ether oxygens (including phenoxy) is 1. The van der Waals surface area contributed by atoms with Gasteiger partial charge in [-0.1, -0.05) is 23.2 Å². The first kappa shape index (κ1) is 15.9. The third kappa shape index (κ3) is 4.02. The maximum Gasteiger partial charge on any atom is 0.409 e. The van der Waals surface area contributed by atoms with Crippen LogP contribution < -0.4 is 5.32 Å². The van der Waals surface area contributed by atoms with Crippen molar-refractivity contribution >= 4 is 35.2 Å². The zero-order valence-electron chi connectivity index (χ0n) is 11.6. The molecule has 21 heavy (non-hydrogen) atoms. The SMILES string of the molecule is COC(=O)N1CCC(NC(=O)c2ccc(Cl)c(Cl)c2)CC1. The highest BCUT2D eigenvalue weighted by molar-refractivity contribution is 6.42. The Morgan fingerprint density at radius 1 is 1.24 bits per heavy atom. The van der Waals surface area contributed by atoms with Crippen molar-refractivity contribution in [2.24, 2.45) is 0 Å². The monoisotopic (exact) mass is 330 g/mol. The smallest absolute Gasteiger partial charge is 0.409 e. The van der Waals surface area contributed by atoms with E-state index < -0.39 is 0 Å². The van der Waals surface area contributed by atoms with E-state index in [4.69, 9.17) is 23.2 Å². The molecule has 5 nitrogen and oxygen atoms in total. The van der Waals surface area contributed by atoms with E-state index in [0.717, 1.165) is 0 Å². The van der Waals surface area contributed by atoms with Gasteiger partial charge in [-0.05, 0) is 31.0 Å². The third-order valence-electron chi connectivity index (χ3n) is 3.44. The van der Waals surface area contributed by atoms with Gasteiger partial charge in [-0.2, -0.15) is 0 Å². The number of carbonyl (C=O) groups is 2. The van der Waals surface area contributed by atoms with Crippen LogP contribution in [0.3, 0.4) is 0 Å². The standard InChI is InChI=1S/C14H16Cl2N2O3/c1-21-14(20)18-6-4-10(5-7-18)17-13(19)9-2-3-11(15)12(16)8-9/h2-3,8,10H,4-7H2,1H3,(H,17,19). The predicted molar refractivity (Wildman–Crippen MR) is 80.9 cm³/mol. The first-order valence-electron chi connectivity index (χ1n) is 6.60. The highest BCUT2D eigenvalue weighted by atomic mass is 35.5. The van der Waals surface area contributed by atoms with Crippen LogP contribution in [-0.4, -0.2) is 43.1 Å². The van der Waals surface area contributed by atoms with E-state index in [1.54, 1.807) is 23.1 Å². The third-order valence-corrected chi connectivity index (χ3v) is 4.18. The van der Waals surface area contributed by atoms with Crippen molar-refractivity contribution in [3.05, 3.63) is 33.8 Å². The molecule has 7 heteroatoms. The molecule has 1 aliphatic heterocycles. The first-order valence-corrected chi connectivity index (χ1v) is 7.35. The number of nitrogens with one attached hydrogen (secondary N) is 1. The fourth-order valence-corrected chi connectivity index (χ4v) is 2.54. The van der Waals surface area contributed by atoms with Gasteiger partial charge in [-0.25, -0.2) is 4.79 Å². The molecule has 0 unspecified atom stereocenters. The minimum Gasteiger partial charge on any atom is -0.453 e. The molecule has 114 valence electrons. The molecule has 0 aliphatic carbocycles. The van der Waals surface area contributed by atoms with Gasteiger partial charge in [-0.3, -0.25) is 4.79 Å². The molecule has 0 aromatic heterocycles. The lowest BCUT2D eigenvalue weighted by Crippen LogP contribution is -2.46. The molecule has 1 saturated heterocycles. The molecule has 1 aromatic carbocycles. The summed E-state index contributed by atoms with van der Waals surface area (Å²) in [6, 6.07) is 4.81. The number of piperidine rings is 1. The van der Waals surface area contributed by atoms with Gasteiger partial charge >= 0.3 is 6.09 Å². The summed E-state index contributed by atoms with van der Waals surface area (Å²) in [6.45, 7) is 1.14. The molecule has 2 amide bonds. The van der Waals surface area contributed by atoms with Crippen LogP contribution in [0.4, 0.5) is 4.79 Å². The van der Waals surface area contributed by atoms with Crippen LogP contribution in [0.2, 0.25) is 10.0 Å². The van der Waals surface area contributed by atoms with Crippen molar-refractivity contribution in [3.63, 3.8) is 0 Å². The first-order chi connectivity index (χ1) is 10.0. The number of nitrogens with zero attached hydrogens (tertiary/aromatic N) is 1. The number of rotatable bonds is 2. The maximum absolute atomic E-state index is 12.1. The Balaban J connectivity index is 1.89. The van der Waals surface area contributed by atoms with E-state index in [0.29, 0.717) is 41.5 Å². The minimum atomic E-state index is -0.329. The highest BCUT2D eigenvalue weighted by Crippen LogP contribution is 2.22. The second-order valence-electron chi connectivity index (χ2n) is 4.83. The summed E-state index contributed by atoms with van der Waals surface area (Å²) in [4.78, 5) is 25.1. The van der Waals surface area contributed by atoms with Crippen molar-refractivity contribution in [2.75, 3.05) is 20.2 Å². The fraction of sp³-hybridized carbons (Fsp3) is 0.429. The van der Waals surface area contributed by atoms with Crippen LogP contribution in [0.5, 0.6) is 0 Å². The highest BCUT2D eigenvalue weighted by Gasteiger charge is 2.24. The van der Waals surface area contributed by atoms with Crippen molar-refractivity contribution in [3.8, 4) is 0 Å². The zero-order chi connectivity index (χ0) is 15.4. The van der Waals surface area contributed by atoms with E-state index in [1.807, 2.05) is 0 Å². The molecule has 1 heterocycles. The molecular formula is C14H16Cl2N2O3. The van der Waals surface area contributed by atoms with Gasteiger partial charge in [0.2, 0.25) is 0 Å². The largest absolute Gasteiger partial charge is 0.453 e. The molecule has 0 radical (unpaired) electrons. The number of hydrogen-bond acceptors (Lipinski definition) is 3. The Morgan fingerprint density at radius 2 is 1.90 bits per heavy atom. The quantitative estimate of drug-likeness (QED) is 0.906. The van der Waals surface area contributed by atoms with Gasteiger partial charge in [0, 0.05) is 24.7 Å². The van der Waals surface area contributed by atoms with Crippen molar-refractivity contribution in [1.29, 1.82) is 0 Å². The summed E-state index contributed by atoms with van der Waals surface area (Å²) < 4.78 is 4.67. The maximum atomic E-state index is 12.1. The van der Waals surface area contributed by atoms with Crippen LogP contribution in [0.15, 0.2) is 18.2 Å². The molecule has 0 bridgehead atoms. The molecule has 2 rings (SSSR count). The van der Waals surface area contributed by atoms with E-state index in [9.17, 15) is 9.59 Å². The molecule has 0 atom stereocenters. The Kier molecular flexibility index (Phi) is 5.31. The van der Waals surface area contributed by atoms with Crippen molar-refractivity contribution in [2.45, 2.75) is 18.9 Å². The molecule has 1 aromatic rings. The van der Waals surface area contributed by atoms with E-state index in [2.05, 4.69) is 10.1 Å². The lowest BCUT2D eigenvalue weighted by Gasteiger charge is -2.31. The second kappa shape index (κ2) is 7.00. The van der Waals surface area contributed by atoms with Gasteiger partial charge in [0.15, 0.2) is 0 Å². The Labute approximate surface area is 133 Å². The lowest BCUT2D eigenvalue weighted by atomic mass is 10.0. The van der Waals surface area contributed by atoms with Gasteiger partial charge in [0.1, 0.15) is 0 Å². The summed E-state index contributed by atoms with van der Waals surface area (Å²) in [5.41, 5.74) is 0.472. The molecule has 1 N–H and O–H groups in total. The molecule has 1 fully saturated rings. The summed E-state index contributed by atoms with van der Waals surface area (Å²) in [7, 11) is 1.36. The summed E-state index contributed by atoms with van der Waals surface area (Å²) in [5.74, 6) is -0.190. The Bertz CT molecular complexity index is 543. The Hall–Kier alpha value is -1.46. The number of halogens is 2. The normalized spacial score (nSPS) is 15.7. The Morgan fingerprint density at radius 3 is 2.48 bits per heavy atom. The number of methoxy groups -OCH3 is 1. The van der Waals surface area contributed by atoms with Crippen molar-refractivity contribution in [1.82, 2.24) is 10.2 Å². The van der Waals surface area contributed by atoms with Crippen LogP contribution in [0.25, 0.3) is 0 Å². The molecular weight excluding hydrogens is 315 g/mol.